The standard InChI is InChI=1S/C19H21N5O3/c1-11-5-4-6-24-17(11)22-18(23-9-12(2)27-13(3)10-23)15(19(24)26)7-14(8-20)16(21)25/h4-7,12-13H,9-10H2,1-3H3,(H2,21,25)/b14-7+/t12-,13+. The van der Waals surface area contributed by atoms with Crippen LogP contribution in [0, 0.1) is 18.3 Å². The van der Waals surface area contributed by atoms with Crippen molar-refractivity contribution in [1.82, 2.24) is 9.38 Å². The number of fused-ring (bicyclic) bond motifs is 1. The molecule has 0 aromatic carbocycles. The van der Waals surface area contributed by atoms with Gasteiger partial charge in [0.15, 0.2) is 0 Å². The second-order valence-corrected chi connectivity index (χ2v) is 6.74. The maximum atomic E-state index is 13.1. The van der Waals surface area contributed by atoms with Gasteiger partial charge in [0.1, 0.15) is 23.1 Å². The summed E-state index contributed by atoms with van der Waals surface area (Å²) in [4.78, 5) is 31.3. The molecule has 27 heavy (non-hydrogen) atoms. The smallest absolute Gasteiger partial charge is 0.267 e. The summed E-state index contributed by atoms with van der Waals surface area (Å²) in [5, 5.41) is 9.21. The number of ether oxygens (including phenoxy) is 1. The molecule has 3 heterocycles. The van der Waals surface area contributed by atoms with Crippen molar-refractivity contribution in [1.29, 1.82) is 5.26 Å². The van der Waals surface area contributed by atoms with Crippen molar-refractivity contribution in [2.75, 3.05) is 18.0 Å². The molecule has 140 valence electrons. The quantitative estimate of drug-likeness (QED) is 0.640. The number of amides is 1. The summed E-state index contributed by atoms with van der Waals surface area (Å²) in [5.74, 6) is -0.466. The summed E-state index contributed by atoms with van der Waals surface area (Å²) in [5.41, 5.74) is 6.14. The van der Waals surface area contributed by atoms with Crippen LogP contribution < -0.4 is 16.2 Å². The molecule has 0 saturated carbocycles. The first-order valence-electron chi connectivity index (χ1n) is 8.65. The van der Waals surface area contributed by atoms with Gasteiger partial charge in [-0.15, -0.1) is 0 Å². The van der Waals surface area contributed by atoms with Gasteiger partial charge in [-0.3, -0.25) is 14.0 Å². The summed E-state index contributed by atoms with van der Waals surface area (Å²) in [6.45, 7) is 6.84. The summed E-state index contributed by atoms with van der Waals surface area (Å²) in [6.07, 6.45) is 2.75. The number of nitrogens with two attached hydrogens (primary N) is 1. The molecular weight excluding hydrogens is 346 g/mol. The van der Waals surface area contributed by atoms with E-state index in [-0.39, 0.29) is 28.9 Å². The van der Waals surface area contributed by atoms with Gasteiger partial charge in [0.2, 0.25) is 0 Å². The molecule has 1 amide bonds. The Balaban J connectivity index is 2.31. The number of pyridine rings is 1. The third kappa shape index (κ3) is 3.55. The number of aromatic nitrogens is 2. The van der Waals surface area contributed by atoms with Crippen LogP contribution in [0.1, 0.15) is 25.0 Å². The second kappa shape index (κ2) is 7.21. The van der Waals surface area contributed by atoms with Crippen molar-refractivity contribution >= 4 is 23.4 Å². The molecule has 0 bridgehead atoms. The number of morpholine rings is 1. The number of nitriles is 1. The highest BCUT2D eigenvalue weighted by molar-refractivity contribution is 6.01. The van der Waals surface area contributed by atoms with Gasteiger partial charge in [0.05, 0.1) is 17.8 Å². The maximum Gasteiger partial charge on any atom is 0.267 e. The zero-order valence-electron chi connectivity index (χ0n) is 15.5. The lowest BCUT2D eigenvalue weighted by atomic mass is 10.1. The summed E-state index contributed by atoms with van der Waals surface area (Å²) >= 11 is 0. The maximum absolute atomic E-state index is 13.1. The summed E-state index contributed by atoms with van der Waals surface area (Å²) < 4.78 is 7.18. The zero-order chi connectivity index (χ0) is 19.7. The third-order valence-corrected chi connectivity index (χ3v) is 4.46. The van der Waals surface area contributed by atoms with Crippen LogP contribution in [0.25, 0.3) is 11.7 Å². The number of aryl methyl sites for hydroxylation is 1. The van der Waals surface area contributed by atoms with E-state index in [9.17, 15) is 14.9 Å². The van der Waals surface area contributed by atoms with Gasteiger partial charge in [0, 0.05) is 19.3 Å². The lowest BCUT2D eigenvalue weighted by molar-refractivity contribution is -0.114. The van der Waals surface area contributed by atoms with Crippen molar-refractivity contribution in [2.45, 2.75) is 33.0 Å². The van der Waals surface area contributed by atoms with Crippen LogP contribution in [0.3, 0.4) is 0 Å². The average Bonchev–Trinajstić information content (AvgIpc) is 2.60. The highest BCUT2D eigenvalue weighted by Crippen LogP contribution is 2.24. The number of nitrogens with zero attached hydrogens (tertiary/aromatic N) is 4. The molecular formula is C19H21N5O3. The molecule has 0 radical (unpaired) electrons. The first-order chi connectivity index (χ1) is 12.8. The molecule has 2 aromatic rings. The van der Waals surface area contributed by atoms with E-state index in [4.69, 9.17) is 15.5 Å². The number of rotatable bonds is 3. The first-order valence-corrected chi connectivity index (χ1v) is 8.65. The van der Waals surface area contributed by atoms with Gasteiger partial charge < -0.3 is 15.4 Å². The van der Waals surface area contributed by atoms with Crippen LogP contribution in [0.5, 0.6) is 0 Å². The molecule has 8 heteroatoms. The van der Waals surface area contributed by atoms with Crippen LogP contribution in [0.4, 0.5) is 5.82 Å². The van der Waals surface area contributed by atoms with E-state index in [1.807, 2.05) is 31.7 Å². The fourth-order valence-corrected chi connectivity index (χ4v) is 3.32. The van der Waals surface area contributed by atoms with E-state index in [1.165, 1.54) is 10.5 Å². The summed E-state index contributed by atoms with van der Waals surface area (Å²) in [6, 6.07) is 5.37. The normalized spacial score (nSPS) is 20.5. The lowest BCUT2D eigenvalue weighted by Gasteiger charge is -2.36. The molecule has 0 unspecified atom stereocenters. The number of primary amides is 1. The van der Waals surface area contributed by atoms with Gasteiger partial charge in [0.25, 0.3) is 11.5 Å². The number of hydrogen-bond acceptors (Lipinski definition) is 6. The monoisotopic (exact) mass is 367 g/mol. The fourth-order valence-electron chi connectivity index (χ4n) is 3.32. The zero-order valence-corrected chi connectivity index (χ0v) is 15.5. The summed E-state index contributed by atoms with van der Waals surface area (Å²) in [7, 11) is 0. The number of hydrogen-bond donors (Lipinski definition) is 1. The molecule has 1 aliphatic rings. The predicted octanol–water partition coefficient (Wildman–Crippen LogP) is 1.01. The van der Waals surface area contributed by atoms with Crippen molar-refractivity contribution in [2.24, 2.45) is 5.73 Å². The van der Waals surface area contributed by atoms with Gasteiger partial charge in [-0.1, -0.05) is 6.07 Å². The van der Waals surface area contributed by atoms with E-state index in [2.05, 4.69) is 0 Å². The van der Waals surface area contributed by atoms with E-state index >= 15 is 0 Å². The Morgan fingerprint density at radius 1 is 1.41 bits per heavy atom. The third-order valence-electron chi connectivity index (χ3n) is 4.46. The SMILES string of the molecule is Cc1cccn2c(=O)c(/C=C(\C#N)C(N)=O)c(N3C[C@@H](C)O[C@@H](C)C3)nc12. The van der Waals surface area contributed by atoms with Gasteiger partial charge >= 0.3 is 0 Å². The van der Waals surface area contributed by atoms with Gasteiger partial charge in [-0.2, -0.15) is 5.26 Å². The molecule has 0 aliphatic carbocycles. The predicted molar refractivity (Wildman–Crippen MR) is 101 cm³/mol. The Morgan fingerprint density at radius 2 is 2.07 bits per heavy atom. The van der Waals surface area contributed by atoms with E-state index < -0.39 is 5.91 Å². The highest BCUT2D eigenvalue weighted by Gasteiger charge is 2.27. The van der Waals surface area contributed by atoms with Crippen molar-refractivity contribution < 1.29 is 9.53 Å². The Kier molecular flexibility index (Phi) is 4.97. The Bertz CT molecular complexity index is 1020. The molecule has 1 aliphatic heterocycles. The first kappa shape index (κ1) is 18.6. The molecule has 2 atom stereocenters. The molecule has 3 rings (SSSR count). The minimum Gasteiger partial charge on any atom is -0.372 e. The largest absolute Gasteiger partial charge is 0.372 e. The van der Waals surface area contributed by atoms with Crippen molar-refractivity contribution in [3.05, 3.63) is 45.4 Å². The van der Waals surface area contributed by atoms with E-state index in [0.29, 0.717) is 24.6 Å². The van der Waals surface area contributed by atoms with Crippen LogP contribution in [-0.4, -0.2) is 40.6 Å². The fraction of sp³-hybridized carbons (Fsp3) is 0.368. The molecule has 1 saturated heterocycles. The Hall–Kier alpha value is -3.18. The van der Waals surface area contributed by atoms with E-state index in [0.717, 1.165) is 5.56 Å². The molecule has 2 N–H and O–H groups in total. The molecule has 0 spiro atoms. The Labute approximate surface area is 156 Å². The topological polar surface area (TPSA) is 114 Å². The molecule has 2 aromatic heterocycles. The molecule has 8 nitrogen and oxygen atoms in total. The van der Waals surface area contributed by atoms with Crippen LogP contribution in [-0.2, 0) is 9.53 Å². The van der Waals surface area contributed by atoms with Crippen molar-refractivity contribution in [3.8, 4) is 6.07 Å². The number of carbonyl (C=O) groups excluding carboxylic acids is 1. The minimum atomic E-state index is -0.888. The Morgan fingerprint density at radius 3 is 2.67 bits per heavy atom. The van der Waals surface area contributed by atoms with Gasteiger partial charge in [-0.05, 0) is 38.5 Å². The van der Waals surface area contributed by atoms with E-state index in [1.54, 1.807) is 18.3 Å². The van der Waals surface area contributed by atoms with Crippen LogP contribution in [0.2, 0.25) is 0 Å². The average molecular weight is 367 g/mol. The second-order valence-electron chi connectivity index (χ2n) is 6.74. The lowest BCUT2D eigenvalue weighted by Crippen LogP contribution is -2.46. The minimum absolute atomic E-state index is 0.0470. The van der Waals surface area contributed by atoms with Crippen LogP contribution in [0.15, 0.2) is 28.7 Å². The van der Waals surface area contributed by atoms with Crippen LogP contribution >= 0.6 is 0 Å². The highest BCUT2D eigenvalue weighted by atomic mass is 16.5. The van der Waals surface area contributed by atoms with Gasteiger partial charge in [-0.25, -0.2) is 4.98 Å². The molecule has 1 fully saturated rings. The number of anilines is 1. The number of carbonyl (C=O) groups is 1. The van der Waals surface area contributed by atoms with Crippen molar-refractivity contribution in [3.63, 3.8) is 0 Å².